The number of hydrogen-bond donors (Lipinski definition) is 2. The van der Waals surface area contributed by atoms with Gasteiger partial charge in [-0.1, -0.05) is 48.0 Å². The molecule has 0 aliphatic heterocycles. The van der Waals surface area contributed by atoms with E-state index < -0.39 is 15.9 Å². The summed E-state index contributed by atoms with van der Waals surface area (Å²) in [6.07, 6.45) is 1.39. The smallest absolute Gasteiger partial charge is 0.271 e. The van der Waals surface area contributed by atoms with Gasteiger partial charge in [-0.2, -0.15) is 5.10 Å². The Balaban J connectivity index is 1.48. The van der Waals surface area contributed by atoms with E-state index >= 15 is 0 Å². The number of nitrogens with one attached hydrogen (secondary N) is 1. The zero-order chi connectivity index (χ0) is 24.3. The molecule has 0 saturated carbocycles. The molecule has 4 aromatic rings. The summed E-state index contributed by atoms with van der Waals surface area (Å²) in [4.78, 5) is 12.7. The Labute approximate surface area is 198 Å². The summed E-state index contributed by atoms with van der Waals surface area (Å²) in [5, 5.41) is 15.9. The minimum atomic E-state index is -3.72. The first-order chi connectivity index (χ1) is 16.3. The third kappa shape index (κ3) is 4.62. The number of aromatic hydroxyl groups is 1. The molecule has 0 unspecified atom stereocenters. The van der Waals surface area contributed by atoms with Gasteiger partial charge >= 0.3 is 0 Å². The van der Waals surface area contributed by atoms with Crippen molar-refractivity contribution in [3.8, 4) is 5.75 Å². The number of rotatable bonds is 6. The molecule has 0 heterocycles. The van der Waals surface area contributed by atoms with Crippen molar-refractivity contribution < 1.29 is 18.3 Å². The topological polar surface area (TPSA) is 99.1 Å². The quantitative estimate of drug-likeness (QED) is 0.319. The summed E-state index contributed by atoms with van der Waals surface area (Å²) in [6.45, 7) is 1.89. The van der Waals surface area contributed by atoms with E-state index in [-0.39, 0.29) is 10.6 Å². The molecule has 0 aliphatic rings. The van der Waals surface area contributed by atoms with E-state index in [1.54, 1.807) is 48.5 Å². The fraction of sp³-hybridized carbons (Fsp3) is 0.0769. The Morgan fingerprint density at radius 1 is 0.941 bits per heavy atom. The molecule has 34 heavy (non-hydrogen) atoms. The molecule has 4 rings (SSSR count). The first-order valence-electron chi connectivity index (χ1n) is 10.5. The first kappa shape index (κ1) is 23.0. The molecule has 8 heteroatoms. The molecule has 2 N–H and O–H groups in total. The summed E-state index contributed by atoms with van der Waals surface area (Å²) < 4.78 is 26.9. The van der Waals surface area contributed by atoms with Gasteiger partial charge in [0, 0.05) is 18.2 Å². The van der Waals surface area contributed by atoms with E-state index in [4.69, 9.17) is 0 Å². The summed E-state index contributed by atoms with van der Waals surface area (Å²) in [7, 11) is -2.26. The van der Waals surface area contributed by atoms with Gasteiger partial charge in [0.15, 0.2) is 0 Å². The van der Waals surface area contributed by atoms with Crippen molar-refractivity contribution in [3.05, 3.63) is 102 Å². The van der Waals surface area contributed by atoms with Crippen LogP contribution in [0.4, 0.5) is 5.69 Å². The maximum absolute atomic E-state index is 12.9. The Morgan fingerprint density at radius 3 is 2.32 bits per heavy atom. The highest BCUT2D eigenvalue weighted by atomic mass is 32.2. The molecule has 0 radical (unpaired) electrons. The number of hydrogen-bond acceptors (Lipinski definition) is 5. The van der Waals surface area contributed by atoms with E-state index in [2.05, 4.69) is 10.5 Å². The molecule has 1 amide bonds. The average molecular weight is 474 g/mol. The maximum Gasteiger partial charge on any atom is 0.271 e. The van der Waals surface area contributed by atoms with Crippen molar-refractivity contribution >= 4 is 38.6 Å². The van der Waals surface area contributed by atoms with Crippen LogP contribution in [0.2, 0.25) is 0 Å². The van der Waals surface area contributed by atoms with Gasteiger partial charge in [-0.3, -0.25) is 9.10 Å². The van der Waals surface area contributed by atoms with E-state index in [0.29, 0.717) is 16.8 Å². The van der Waals surface area contributed by atoms with Crippen LogP contribution in [0.25, 0.3) is 10.8 Å². The van der Waals surface area contributed by atoms with Crippen LogP contribution >= 0.6 is 0 Å². The van der Waals surface area contributed by atoms with Gasteiger partial charge in [0.05, 0.1) is 16.8 Å². The molecule has 0 aromatic heterocycles. The van der Waals surface area contributed by atoms with Crippen LogP contribution in [0.3, 0.4) is 0 Å². The number of fused-ring (bicyclic) bond motifs is 1. The Kier molecular flexibility index (Phi) is 6.34. The number of amides is 1. The zero-order valence-electron chi connectivity index (χ0n) is 18.6. The summed E-state index contributed by atoms with van der Waals surface area (Å²) in [5.41, 5.74) is 4.63. The van der Waals surface area contributed by atoms with Gasteiger partial charge in [0.1, 0.15) is 5.75 Å². The fourth-order valence-corrected chi connectivity index (χ4v) is 4.67. The zero-order valence-corrected chi connectivity index (χ0v) is 19.5. The van der Waals surface area contributed by atoms with Crippen LogP contribution in [0.1, 0.15) is 21.5 Å². The highest BCUT2D eigenvalue weighted by molar-refractivity contribution is 7.92. The van der Waals surface area contributed by atoms with Crippen LogP contribution in [-0.2, 0) is 10.0 Å². The molecule has 7 nitrogen and oxygen atoms in total. The van der Waals surface area contributed by atoms with Crippen molar-refractivity contribution in [1.29, 1.82) is 0 Å². The normalized spacial score (nSPS) is 11.6. The second-order valence-corrected chi connectivity index (χ2v) is 9.72. The van der Waals surface area contributed by atoms with Gasteiger partial charge < -0.3 is 5.11 Å². The van der Waals surface area contributed by atoms with Crippen molar-refractivity contribution in [1.82, 2.24) is 5.43 Å². The third-order valence-corrected chi connectivity index (χ3v) is 7.28. The fourth-order valence-electron chi connectivity index (χ4n) is 3.47. The molecule has 0 saturated heterocycles. The number of aryl methyl sites for hydroxylation is 1. The number of hydrazone groups is 1. The van der Waals surface area contributed by atoms with Crippen LogP contribution in [0, 0.1) is 6.92 Å². The highest BCUT2D eigenvalue weighted by Crippen LogP contribution is 2.25. The van der Waals surface area contributed by atoms with E-state index in [9.17, 15) is 18.3 Å². The molecule has 172 valence electrons. The lowest BCUT2D eigenvalue weighted by atomic mass is 10.0. The average Bonchev–Trinajstić information content (AvgIpc) is 2.85. The lowest BCUT2D eigenvalue weighted by molar-refractivity contribution is 0.0955. The van der Waals surface area contributed by atoms with E-state index in [0.717, 1.165) is 16.3 Å². The number of sulfonamides is 1. The van der Waals surface area contributed by atoms with Gasteiger partial charge in [-0.25, -0.2) is 13.8 Å². The Morgan fingerprint density at radius 2 is 1.62 bits per heavy atom. The largest absolute Gasteiger partial charge is 0.507 e. The van der Waals surface area contributed by atoms with Crippen LogP contribution in [0.15, 0.2) is 94.9 Å². The summed E-state index contributed by atoms with van der Waals surface area (Å²) >= 11 is 0. The number of phenols is 1. The van der Waals surface area contributed by atoms with Crippen LogP contribution in [0.5, 0.6) is 5.75 Å². The lowest BCUT2D eigenvalue weighted by Crippen LogP contribution is -2.26. The SMILES string of the molecule is Cc1ccc(S(=O)(=O)N(C)c2ccc(C(=O)N/N=C\c3c(O)ccc4ccccc34)cc2)cc1. The molecule has 0 bridgehead atoms. The minimum absolute atomic E-state index is 0.0545. The van der Waals surface area contributed by atoms with Gasteiger partial charge in [0.2, 0.25) is 0 Å². The van der Waals surface area contributed by atoms with Crippen LogP contribution in [-0.4, -0.2) is 32.7 Å². The van der Waals surface area contributed by atoms with Crippen molar-refractivity contribution in [2.24, 2.45) is 5.10 Å². The number of carbonyl (C=O) groups excluding carboxylic acids is 1. The molecule has 0 spiro atoms. The van der Waals surface area contributed by atoms with E-state index in [1.807, 2.05) is 31.2 Å². The number of phenolic OH excluding ortho intramolecular Hbond substituents is 1. The molecule has 0 fully saturated rings. The van der Waals surface area contributed by atoms with Gasteiger partial charge in [-0.05, 0) is 60.2 Å². The third-order valence-electron chi connectivity index (χ3n) is 5.48. The number of carbonyl (C=O) groups is 1. The monoisotopic (exact) mass is 473 g/mol. The molecule has 0 atom stereocenters. The predicted molar refractivity (Wildman–Crippen MR) is 134 cm³/mol. The summed E-state index contributed by atoms with van der Waals surface area (Å²) in [6, 6.07) is 23.7. The minimum Gasteiger partial charge on any atom is -0.507 e. The van der Waals surface area contributed by atoms with Gasteiger partial charge in [0.25, 0.3) is 15.9 Å². The lowest BCUT2D eigenvalue weighted by Gasteiger charge is -2.19. The van der Waals surface area contributed by atoms with Gasteiger partial charge in [-0.15, -0.1) is 0 Å². The number of benzene rings is 4. The molecule has 0 aliphatic carbocycles. The standard InChI is InChI=1S/C26H23N3O4S/c1-18-7-14-22(15-8-18)34(32,33)29(2)21-12-9-20(10-13-21)26(31)28-27-17-24-23-6-4-3-5-19(23)11-16-25(24)30/h3-17,30H,1-2H3,(H,28,31)/b27-17-. The summed E-state index contributed by atoms with van der Waals surface area (Å²) in [5.74, 6) is -0.412. The van der Waals surface area contributed by atoms with Crippen molar-refractivity contribution in [2.75, 3.05) is 11.4 Å². The molecular weight excluding hydrogens is 450 g/mol. The second-order valence-electron chi connectivity index (χ2n) is 7.75. The van der Waals surface area contributed by atoms with E-state index in [1.165, 1.54) is 29.7 Å². The first-order valence-corrected chi connectivity index (χ1v) is 11.9. The Bertz CT molecular complexity index is 1480. The molecule has 4 aromatic carbocycles. The van der Waals surface area contributed by atoms with Crippen molar-refractivity contribution in [3.63, 3.8) is 0 Å². The highest BCUT2D eigenvalue weighted by Gasteiger charge is 2.21. The van der Waals surface area contributed by atoms with Crippen molar-refractivity contribution in [2.45, 2.75) is 11.8 Å². The van der Waals surface area contributed by atoms with Crippen LogP contribution < -0.4 is 9.73 Å². The number of nitrogens with zero attached hydrogens (tertiary/aromatic N) is 2. The number of anilines is 1. The Hall–Kier alpha value is -4.17. The predicted octanol–water partition coefficient (Wildman–Crippen LogP) is 4.44. The maximum atomic E-state index is 12.9. The molecular formula is C26H23N3O4S. The second kappa shape index (κ2) is 9.36.